The monoisotopic (exact) mass is 218 g/mol. The third-order valence-electron chi connectivity index (χ3n) is 3.02. The van der Waals surface area contributed by atoms with Gasteiger partial charge in [-0.3, -0.25) is 10.2 Å². The van der Waals surface area contributed by atoms with Crippen molar-refractivity contribution < 1.29 is 9.90 Å². The maximum absolute atomic E-state index is 10.8. The normalized spacial score (nSPS) is 17.4. The van der Waals surface area contributed by atoms with Crippen LogP contribution in [-0.4, -0.2) is 23.5 Å². The summed E-state index contributed by atoms with van der Waals surface area (Å²) in [5, 5.41) is 16.9. The number of rotatable bonds is 2. The number of aliphatic carboxylic acids is 1. The van der Waals surface area contributed by atoms with Gasteiger partial charge in [0.05, 0.1) is 0 Å². The van der Waals surface area contributed by atoms with Crippen molar-refractivity contribution in [2.24, 2.45) is 0 Å². The number of nitrogens with one attached hydrogen (secondary N) is 1. The van der Waals surface area contributed by atoms with E-state index >= 15 is 0 Å². The average molecular weight is 218 g/mol. The van der Waals surface area contributed by atoms with Gasteiger partial charge in [-0.1, -0.05) is 18.2 Å². The number of hydrogen-bond donors (Lipinski definition) is 2. The van der Waals surface area contributed by atoms with Crippen molar-refractivity contribution in [1.29, 1.82) is 5.41 Å². The van der Waals surface area contributed by atoms with Crippen LogP contribution in [0.25, 0.3) is 0 Å². The number of fused-ring (bicyclic) bond motifs is 1. The van der Waals surface area contributed by atoms with Crippen LogP contribution in [0.3, 0.4) is 0 Å². The minimum Gasteiger partial charge on any atom is -0.480 e. The maximum Gasteiger partial charge on any atom is 0.323 e. The van der Waals surface area contributed by atoms with Crippen LogP contribution in [0.2, 0.25) is 0 Å². The van der Waals surface area contributed by atoms with Gasteiger partial charge < -0.3 is 10.0 Å². The Morgan fingerprint density at radius 3 is 2.69 bits per heavy atom. The average Bonchev–Trinajstić information content (AvgIpc) is 2.41. The Hall–Kier alpha value is -1.84. The van der Waals surface area contributed by atoms with Crippen LogP contribution in [0.5, 0.6) is 0 Å². The molecule has 4 nitrogen and oxygen atoms in total. The number of amidine groups is 1. The number of nitrogens with zero attached hydrogens (tertiary/aromatic N) is 1. The van der Waals surface area contributed by atoms with Crippen molar-refractivity contribution in [3.8, 4) is 0 Å². The second-order valence-corrected chi connectivity index (χ2v) is 4.47. The van der Waals surface area contributed by atoms with E-state index < -0.39 is 11.4 Å². The molecule has 0 fully saturated rings. The van der Waals surface area contributed by atoms with Gasteiger partial charge in [-0.05, 0) is 25.5 Å². The predicted octanol–water partition coefficient (Wildman–Crippen LogP) is 1.85. The number of para-hydroxylation sites is 1. The van der Waals surface area contributed by atoms with E-state index in [0.717, 1.165) is 11.3 Å². The first-order valence-corrected chi connectivity index (χ1v) is 5.12. The topological polar surface area (TPSA) is 64.4 Å². The van der Waals surface area contributed by atoms with Gasteiger partial charge in [0.2, 0.25) is 0 Å². The molecule has 84 valence electrons. The standard InChI is InChI=1S/C12H14N2O2/c1-12(2)8-5-3-4-6-9(8)14(11(12)13)7-10(15)16/h3-6,13H,7H2,1-2H3,(H,15,16). The van der Waals surface area contributed by atoms with Crippen LogP contribution in [0.4, 0.5) is 5.69 Å². The maximum atomic E-state index is 10.8. The largest absolute Gasteiger partial charge is 0.480 e. The molecule has 0 saturated heterocycles. The van der Waals surface area contributed by atoms with E-state index in [4.69, 9.17) is 10.5 Å². The lowest BCUT2D eigenvalue weighted by Gasteiger charge is -2.22. The molecule has 1 aliphatic rings. The molecule has 0 aliphatic carbocycles. The quantitative estimate of drug-likeness (QED) is 0.796. The highest BCUT2D eigenvalue weighted by Gasteiger charge is 2.40. The van der Waals surface area contributed by atoms with Crippen LogP contribution in [0.15, 0.2) is 24.3 Å². The van der Waals surface area contributed by atoms with Crippen molar-refractivity contribution in [2.75, 3.05) is 11.4 Å². The fourth-order valence-electron chi connectivity index (χ4n) is 2.12. The minimum absolute atomic E-state index is 0.153. The summed E-state index contributed by atoms with van der Waals surface area (Å²) in [6, 6.07) is 7.59. The van der Waals surface area contributed by atoms with Gasteiger partial charge in [-0.2, -0.15) is 0 Å². The molecule has 16 heavy (non-hydrogen) atoms. The van der Waals surface area contributed by atoms with E-state index in [9.17, 15) is 4.79 Å². The molecule has 0 radical (unpaired) electrons. The van der Waals surface area contributed by atoms with E-state index in [1.807, 2.05) is 38.1 Å². The fraction of sp³-hybridized carbons (Fsp3) is 0.333. The second kappa shape index (κ2) is 3.33. The van der Waals surface area contributed by atoms with Crippen LogP contribution in [0, 0.1) is 5.41 Å². The Bertz CT molecular complexity index is 466. The molecule has 0 amide bonds. The van der Waals surface area contributed by atoms with Gasteiger partial charge in [0.25, 0.3) is 0 Å². The lowest BCUT2D eigenvalue weighted by atomic mass is 9.86. The number of hydrogen-bond acceptors (Lipinski definition) is 2. The fourth-order valence-corrected chi connectivity index (χ4v) is 2.12. The van der Waals surface area contributed by atoms with Crippen LogP contribution in [0.1, 0.15) is 19.4 Å². The van der Waals surface area contributed by atoms with E-state index in [1.165, 1.54) is 0 Å². The Balaban J connectivity index is 2.51. The Morgan fingerprint density at radius 1 is 1.44 bits per heavy atom. The molecule has 2 rings (SSSR count). The lowest BCUT2D eigenvalue weighted by Crippen LogP contribution is -2.38. The smallest absolute Gasteiger partial charge is 0.323 e. The first-order chi connectivity index (χ1) is 7.44. The van der Waals surface area contributed by atoms with Crippen molar-refractivity contribution in [3.63, 3.8) is 0 Å². The zero-order valence-corrected chi connectivity index (χ0v) is 9.32. The van der Waals surface area contributed by atoms with Crippen molar-refractivity contribution in [1.82, 2.24) is 0 Å². The summed E-state index contributed by atoms with van der Waals surface area (Å²) in [6.45, 7) is 3.73. The van der Waals surface area contributed by atoms with Crippen LogP contribution in [-0.2, 0) is 10.2 Å². The third kappa shape index (κ3) is 1.38. The van der Waals surface area contributed by atoms with E-state index in [2.05, 4.69) is 0 Å². The van der Waals surface area contributed by atoms with Crippen LogP contribution < -0.4 is 4.90 Å². The number of carboxylic acid groups (broad SMARTS) is 1. The summed E-state index contributed by atoms with van der Waals surface area (Å²) >= 11 is 0. The van der Waals surface area contributed by atoms with Crippen LogP contribution >= 0.6 is 0 Å². The highest BCUT2D eigenvalue weighted by atomic mass is 16.4. The van der Waals surface area contributed by atoms with E-state index in [0.29, 0.717) is 5.84 Å². The lowest BCUT2D eigenvalue weighted by molar-refractivity contribution is -0.135. The van der Waals surface area contributed by atoms with E-state index in [-0.39, 0.29) is 6.54 Å². The number of carbonyl (C=O) groups is 1. The summed E-state index contributed by atoms with van der Waals surface area (Å²) in [7, 11) is 0. The summed E-state index contributed by atoms with van der Waals surface area (Å²) < 4.78 is 0. The molecular formula is C12H14N2O2. The number of benzene rings is 1. The van der Waals surface area contributed by atoms with E-state index in [1.54, 1.807) is 4.90 Å². The molecular weight excluding hydrogens is 204 g/mol. The number of carboxylic acids is 1. The zero-order chi connectivity index (χ0) is 11.9. The van der Waals surface area contributed by atoms with Gasteiger partial charge in [-0.15, -0.1) is 0 Å². The molecule has 1 aromatic rings. The highest BCUT2D eigenvalue weighted by Crippen LogP contribution is 2.41. The molecule has 0 bridgehead atoms. The Morgan fingerprint density at radius 2 is 2.06 bits per heavy atom. The minimum atomic E-state index is -0.919. The summed E-state index contributed by atoms with van der Waals surface area (Å²) in [6.07, 6.45) is 0. The van der Waals surface area contributed by atoms with Crippen molar-refractivity contribution >= 4 is 17.5 Å². The van der Waals surface area contributed by atoms with Crippen molar-refractivity contribution in [2.45, 2.75) is 19.3 Å². The highest BCUT2D eigenvalue weighted by molar-refractivity contribution is 6.11. The second-order valence-electron chi connectivity index (χ2n) is 4.47. The predicted molar refractivity (Wildman–Crippen MR) is 62.2 cm³/mol. The van der Waals surface area contributed by atoms with Crippen molar-refractivity contribution in [3.05, 3.63) is 29.8 Å². The van der Waals surface area contributed by atoms with Gasteiger partial charge in [-0.25, -0.2) is 0 Å². The Labute approximate surface area is 94.0 Å². The molecule has 0 unspecified atom stereocenters. The summed E-state index contributed by atoms with van der Waals surface area (Å²) in [4.78, 5) is 12.3. The first-order valence-electron chi connectivity index (χ1n) is 5.12. The van der Waals surface area contributed by atoms with Gasteiger partial charge in [0.1, 0.15) is 12.4 Å². The third-order valence-corrected chi connectivity index (χ3v) is 3.02. The molecule has 1 heterocycles. The molecule has 0 spiro atoms. The Kier molecular flexibility index (Phi) is 2.22. The molecule has 1 aliphatic heterocycles. The SMILES string of the molecule is CC1(C)C(=N)N(CC(=O)O)c2ccccc21. The molecule has 0 aromatic heterocycles. The molecule has 4 heteroatoms. The van der Waals surface area contributed by atoms with Gasteiger partial charge in [0.15, 0.2) is 0 Å². The molecule has 0 atom stereocenters. The molecule has 1 aromatic carbocycles. The molecule has 0 saturated carbocycles. The summed E-state index contributed by atoms with van der Waals surface area (Å²) in [5.41, 5.74) is 1.44. The van der Waals surface area contributed by atoms with Gasteiger partial charge in [0, 0.05) is 11.1 Å². The summed E-state index contributed by atoms with van der Waals surface area (Å²) in [5.74, 6) is -0.576. The van der Waals surface area contributed by atoms with Gasteiger partial charge >= 0.3 is 5.97 Å². The number of anilines is 1. The molecule has 2 N–H and O–H groups in total. The zero-order valence-electron chi connectivity index (χ0n) is 9.32. The first kappa shape index (κ1) is 10.7.